The van der Waals surface area contributed by atoms with Crippen molar-refractivity contribution < 1.29 is 5.11 Å². The number of hydrogen-bond acceptors (Lipinski definition) is 2. The van der Waals surface area contributed by atoms with Crippen molar-refractivity contribution in [3.8, 4) is 0 Å². The molecule has 13 heavy (non-hydrogen) atoms. The maximum atomic E-state index is 10.3. The zero-order valence-electron chi connectivity index (χ0n) is 7.57. The predicted molar refractivity (Wildman–Crippen MR) is 56.6 cm³/mol. The molecule has 1 fully saturated rings. The molecule has 1 atom stereocenters. The summed E-state index contributed by atoms with van der Waals surface area (Å²) in [7, 11) is 0. The SMILES string of the molecule is OC1(c2ccccc2)CCCCS1. The predicted octanol–water partition coefficient (Wildman–Crippen LogP) is 2.75. The maximum absolute atomic E-state index is 10.3. The number of benzene rings is 1. The Kier molecular flexibility index (Phi) is 2.61. The molecular formula is C11H14OS. The van der Waals surface area contributed by atoms with Crippen molar-refractivity contribution in [1.29, 1.82) is 0 Å². The lowest BCUT2D eigenvalue weighted by molar-refractivity contribution is 0.120. The molecule has 1 heterocycles. The van der Waals surface area contributed by atoms with Crippen molar-refractivity contribution in [2.24, 2.45) is 0 Å². The Labute approximate surface area is 83.2 Å². The first-order chi connectivity index (χ1) is 6.31. The zero-order valence-corrected chi connectivity index (χ0v) is 8.39. The third-order valence-electron chi connectivity index (χ3n) is 2.48. The molecule has 1 unspecified atom stereocenters. The molecule has 0 spiro atoms. The van der Waals surface area contributed by atoms with Gasteiger partial charge in [0.15, 0.2) is 0 Å². The van der Waals surface area contributed by atoms with Crippen LogP contribution in [0.5, 0.6) is 0 Å². The van der Waals surface area contributed by atoms with Crippen LogP contribution in [0.2, 0.25) is 0 Å². The van der Waals surface area contributed by atoms with Gasteiger partial charge in [-0.05, 0) is 30.6 Å². The van der Waals surface area contributed by atoms with Gasteiger partial charge in [0.1, 0.15) is 4.93 Å². The smallest absolute Gasteiger partial charge is 0.136 e. The van der Waals surface area contributed by atoms with E-state index in [0.717, 1.165) is 24.2 Å². The van der Waals surface area contributed by atoms with E-state index in [4.69, 9.17) is 0 Å². The van der Waals surface area contributed by atoms with E-state index in [0.29, 0.717) is 0 Å². The van der Waals surface area contributed by atoms with Crippen LogP contribution in [0.25, 0.3) is 0 Å². The van der Waals surface area contributed by atoms with Gasteiger partial charge in [-0.15, -0.1) is 11.8 Å². The second kappa shape index (κ2) is 3.72. The van der Waals surface area contributed by atoms with Crippen LogP contribution < -0.4 is 0 Å². The van der Waals surface area contributed by atoms with Gasteiger partial charge in [0.05, 0.1) is 0 Å². The summed E-state index contributed by atoms with van der Waals surface area (Å²) >= 11 is 1.67. The normalized spacial score (nSPS) is 28.7. The van der Waals surface area contributed by atoms with Crippen LogP contribution in [0, 0.1) is 0 Å². The van der Waals surface area contributed by atoms with Gasteiger partial charge in [-0.2, -0.15) is 0 Å². The first-order valence-electron chi connectivity index (χ1n) is 4.73. The molecule has 0 amide bonds. The summed E-state index contributed by atoms with van der Waals surface area (Å²) in [6, 6.07) is 9.99. The van der Waals surface area contributed by atoms with Crippen LogP contribution >= 0.6 is 11.8 Å². The van der Waals surface area contributed by atoms with E-state index < -0.39 is 4.93 Å². The monoisotopic (exact) mass is 194 g/mol. The molecule has 1 aromatic rings. The summed E-state index contributed by atoms with van der Waals surface area (Å²) in [5.41, 5.74) is 1.06. The van der Waals surface area contributed by atoms with Crippen molar-refractivity contribution in [3.05, 3.63) is 35.9 Å². The zero-order chi connectivity index (χ0) is 9.15. The molecule has 1 nitrogen and oxygen atoms in total. The molecule has 0 aromatic heterocycles. The van der Waals surface area contributed by atoms with E-state index in [-0.39, 0.29) is 0 Å². The summed E-state index contributed by atoms with van der Waals surface area (Å²) < 4.78 is 0. The van der Waals surface area contributed by atoms with Crippen LogP contribution in [0.4, 0.5) is 0 Å². The lowest BCUT2D eigenvalue weighted by atomic mass is 10.0. The molecule has 2 heteroatoms. The lowest BCUT2D eigenvalue weighted by Crippen LogP contribution is -2.24. The Hall–Kier alpha value is -0.470. The summed E-state index contributed by atoms with van der Waals surface area (Å²) in [6.07, 6.45) is 3.26. The first-order valence-corrected chi connectivity index (χ1v) is 5.72. The minimum Gasteiger partial charge on any atom is -0.375 e. The molecule has 1 aliphatic heterocycles. The third kappa shape index (κ3) is 1.89. The number of hydrogen-bond donors (Lipinski definition) is 1. The van der Waals surface area contributed by atoms with Crippen molar-refractivity contribution in [3.63, 3.8) is 0 Å². The molecule has 0 radical (unpaired) electrons. The van der Waals surface area contributed by atoms with Crippen molar-refractivity contribution in [2.45, 2.75) is 24.2 Å². The fraction of sp³-hybridized carbons (Fsp3) is 0.455. The highest BCUT2D eigenvalue weighted by molar-refractivity contribution is 8.00. The second-order valence-electron chi connectivity index (χ2n) is 3.46. The largest absolute Gasteiger partial charge is 0.375 e. The minimum absolute atomic E-state index is 0.612. The van der Waals surface area contributed by atoms with Crippen LogP contribution in [-0.2, 0) is 4.93 Å². The Balaban J connectivity index is 2.23. The Morgan fingerprint density at radius 1 is 1.15 bits per heavy atom. The second-order valence-corrected chi connectivity index (χ2v) is 4.83. The van der Waals surface area contributed by atoms with Crippen molar-refractivity contribution in [1.82, 2.24) is 0 Å². The van der Waals surface area contributed by atoms with Gasteiger partial charge in [0.2, 0.25) is 0 Å². The fourth-order valence-electron chi connectivity index (χ4n) is 1.71. The van der Waals surface area contributed by atoms with E-state index in [1.165, 1.54) is 6.42 Å². The Bertz CT molecular complexity index is 265. The van der Waals surface area contributed by atoms with Crippen molar-refractivity contribution >= 4 is 11.8 Å². The highest BCUT2D eigenvalue weighted by Crippen LogP contribution is 2.42. The Morgan fingerprint density at radius 2 is 1.92 bits per heavy atom. The molecular weight excluding hydrogens is 180 g/mol. The van der Waals surface area contributed by atoms with E-state index in [1.54, 1.807) is 11.8 Å². The van der Waals surface area contributed by atoms with Crippen LogP contribution in [0.3, 0.4) is 0 Å². The van der Waals surface area contributed by atoms with Crippen LogP contribution in [0.15, 0.2) is 30.3 Å². The number of rotatable bonds is 1. The molecule has 1 N–H and O–H groups in total. The van der Waals surface area contributed by atoms with Crippen LogP contribution in [0.1, 0.15) is 24.8 Å². The topological polar surface area (TPSA) is 20.2 Å². The summed E-state index contributed by atoms with van der Waals surface area (Å²) in [5.74, 6) is 1.07. The maximum Gasteiger partial charge on any atom is 0.136 e. The third-order valence-corrected chi connectivity index (χ3v) is 3.89. The van der Waals surface area contributed by atoms with Gasteiger partial charge in [-0.1, -0.05) is 30.3 Å². The molecule has 0 aliphatic carbocycles. The van der Waals surface area contributed by atoms with E-state index in [2.05, 4.69) is 0 Å². The summed E-state index contributed by atoms with van der Waals surface area (Å²) in [6.45, 7) is 0. The fourth-order valence-corrected chi connectivity index (χ4v) is 2.98. The minimum atomic E-state index is -0.612. The Morgan fingerprint density at radius 3 is 2.54 bits per heavy atom. The van der Waals surface area contributed by atoms with Crippen LogP contribution in [-0.4, -0.2) is 10.9 Å². The average Bonchev–Trinajstić information content (AvgIpc) is 2.20. The highest BCUT2D eigenvalue weighted by Gasteiger charge is 2.31. The van der Waals surface area contributed by atoms with Gasteiger partial charge >= 0.3 is 0 Å². The number of thioether (sulfide) groups is 1. The van der Waals surface area contributed by atoms with E-state index in [9.17, 15) is 5.11 Å². The highest BCUT2D eigenvalue weighted by atomic mass is 32.2. The number of aliphatic hydroxyl groups is 1. The van der Waals surface area contributed by atoms with E-state index in [1.807, 2.05) is 30.3 Å². The molecule has 0 bridgehead atoms. The van der Waals surface area contributed by atoms with E-state index >= 15 is 0 Å². The molecule has 0 saturated carbocycles. The molecule has 1 aliphatic rings. The van der Waals surface area contributed by atoms with Gasteiger partial charge in [-0.3, -0.25) is 0 Å². The summed E-state index contributed by atoms with van der Waals surface area (Å²) in [5, 5.41) is 10.3. The molecule has 1 aromatic carbocycles. The lowest BCUT2D eigenvalue weighted by Gasteiger charge is -2.31. The molecule has 1 saturated heterocycles. The molecule has 70 valence electrons. The van der Waals surface area contributed by atoms with Gasteiger partial charge < -0.3 is 5.11 Å². The average molecular weight is 194 g/mol. The first kappa shape index (κ1) is 9.10. The standard InChI is InChI=1S/C11H14OS/c12-11(8-4-5-9-13-11)10-6-2-1-3-7-10/h1-3,6-7,12H,4-5,8-9H2. The summed E-state index contributed by atoms with van der Waals surface area (Å²) in [4.78, 5) is -0.612. The quantitative estimate of drug-likeness (QED) is 0.741. The van der Waals surface area contributed by atoms with Gasteiger partial charge in [0.25, 0.3) is 0 Å². The van der Waals surface area contributed by atoms with Gasteiger partial charge in [0, 0.05) is 0 Å². The van der Waals surface area contributed by atoms with Gasteiger partial charge in [-0.25, -0.2) is 0 Å². The van der Waals surface area contributed by atoms with Crippen molar-refractivity contribution in [2.75, 3.05) is 5.75 Å². The molecule has 2 rings (SSSR count).